The van der Waals surface area contributed by atoms with E-state index in [9.17, 15) is 4.79 Å². The smallest absolute Gasteiger partial charge is 0.270 e. The lowest BCUT2D eigenvalue weighted by Gasteiger charge is -2.36. The lowest BCUT2D eigenvalue weighted by atomic mass is 10.0. The van der Waals surface area contributed by atoms with Gasteiger partial charge in [0.1, 0.15) is 5.69 Å². The van der Waals surface area contributed by atoms with E-state index >= 15 is 0 Å². The molecule has 0 unspecified atom stereocenters. The summed E-state index contributed by atoms with van der Waals surface area (Å²) in [6.07, 6.45) is 3.15. The van der Waals surface area contributed by atoms with E-state index in [4.69, 9.17) is 0 Å². The summed E-state index contributed by atoms with van der Waals surface area (Å²) in [6, 6.07) is 21.2. The first-order valence-electron chi connectivity index (χ1n) is 9.82. The molecule has 0 atom stereocenters. The average molecular weight is 361 g/mol. The number of aromatic nitrogens is 1. The Balaban J connectivity index is 1.30. The van der Waals surface area contributed by atoms with Gasteiger partial charge in [0.15, 0.2) is 0 Å². The monoisotopic (exact) mass is 361 g/mol. The van der Waals surface area contributed by atoms with E-state index in [2.05, 4.69) is 47.3 Å². The second-order valence-corrected chi connectivity index (χ2v) is 7.51. The van der Waals surface area contributed by atoms with Crippen LogP contribution in [0.25, 0.3) is 10.9 Å². The quantitative estimate of drug-likeness (QED) is 0.747. The molecule has 1 aliphatic rings. The summed E-state index contributed by atoms with van der Waals surface area (Å²) in [7, 11) is 2.21. The molecule has 1 amide bonds. The molecule has 4 nitrogen and oxygen atoms in total. The van der Waals surface area contributed by atoms with E-state index in [0.29, 0.717) is 11.7 Å². The van der Waals surface area contributed by atoms with Crippen molar-refractivity contribution in [2.24, 2.45) is 0 Å². The third-order valence-electron chi connectivity index (χ3n) is 5.73. The molecule has 3 aromatic rings. The number of hydrogen-bond donors (Lipinski definition) is 1. The van der Waals surface area contributed by atoms with Crippen molar-refractivity contribution in [2.75, 3.05) is 26.7 Å². The van der Waals surface area contributed by atoms with Gasteiger partial charge in [0.25, 0.3) is 5.91 Å². The zero-order valence-corrected chi connectivity index (χ0v) is 15.9. The summed E-state index contributed by atoms with van der Waals surface area (Å²) in [6.45, 7) is 2.72. The predicted octanol–water partition coefficient (Wildman–Crippen LogP) is 3.95. The van der Waals surface area contributed by atoms with Gasteiger partial charge in [-0.15, -0.1) is 0 Å². The van der Waals surface area contributed by atoms with Crippen LogP contribution in [0, 0.1) is 0 Å². The zero-order chi connectivity index (χ0) is 18.6. The van der Waals surface area contributed by atoms with E-state index in [-0.39, 0.29) is 5.91 Å². The first kappa shape index (κ1) is 17.8. The van der Waals surface area contributed by atoms with Crippen molar-refractivity contribution < 1.29 is 4.79 Å². The SMILES string of the molecule is CN(CCc1ccccc1)C1CCN(C(=O)c2cc3ccccc3[nH]2)CC1. The normalized spacial score (nSPS) is 15.6. The van der Waals surface area contributed by atoms with Gasteiger partial charge in [0, 0.05) is 36.6 Å². The Morgan fingerprint density at radius 3 is 2.52 bits per heavy atom. The van der Waals surface area contributed by atoms with Crippen molar-refractivity contribution in [1.29, 1.82) is 0 Å². The number of piperidine rings is 1. The van der Waals surface area contributed by atoms with Crippen molar-refractivity contribution in [3.63, 3.8) is 0 Å². The van der Waals surface area contributed by atoms with Gasteiger partial charge < -0.3 is 14.8 Å². The molecule has 2 aromatic carbocycles. The number of likely N-dealkylation sites (N-methyl/N-ethyl adjacent to an activating group) is 1. The summed E-state index contributed by atoms with van der Waals surface area (Å²) < 4.78 is 0. The minimum Gasteiger partial charge on any atom is -0.351 e. The highest BCUT2D eigenvalue weighted by molar-refractivity contribution is 5.98. The molecule has 2 heterocycles. The third kappa shape index (κ3) is 4.06. The molecule has 1 N–H and O–H groups in total. The molecule has 1 aromatic heterocycles. The fourth-order valence-electron chi connectivity index (χ4n) is 4.00. The van der Waals surface area contributed by atoms with Crippen LogP contribution in [0.15, 0.2) is 60.7 Å². The molecule has 4 heteroatoms. The number of nitrogens with zero attached hydrogens (tertiary/aromatic N) is 2. The molecule has 1 aliphatic heterocycles. The lowest BCUT2D eigenvalue weighted by molar-refractivity contribution is 0.0642. The summed E-state index contributed by atoms with van der Waals surface area (Å²) in [5.74, 6) is 0.122. The number of rotatable bonds is 5. The number of aromatic amines is 1. The highest BCUT2D eigenvalue weighted by Crippen LogP contribution is 2.20. The first-order chi connectivity index (χ1) is 13.2. The van der Waals surface area contributed by atoms with Gasteiger partial charge in [0.05, 0.1) is 0 Å². The molecule has 4 rings (SSSR count). The maximum atomic E-state index is 12.8. The Morgan fingerprint density at radius 2 is 1.78 bits per heavy atom. The van der Waals surface area contributed by atoms with Crippen molar-refractivity contribution in [1.82, 2.24) is 14.8 Å². The zero-order valence-electron chi connectivity index (χ0n) is 15.9. The fourth-order valence-corrected chi connectivity index (χ4v) is 4.00. The van der Waals surface area contributed by atoms with Gasteiger partial charge in [-0.1, -0.05) is 48.5 Å². The second-order valence-electron chi connectivity index (χ2n) is 7.51. The van der Waals surface area contributed by atoms with E-state index in [0.717, 1.165) is 49.8 Å². The molecule has 0 saturated carbocycles. The lowest BCUT2D eigenvalue weighted by Crippen LogP contribution is -2.46. The molecule has 1 saturated heterocycles. The van der Waals surface area contributed by atoms with Crippen LogP contribution in [-0.4, -0.2) is 53.4 Å². The summed E-state index contributed by atoms with van der Waals surface area (Å²) in [4.78, 5) is 20.5. The van der Waals surface area contributed by atoms with Crippen LogP contribution in [0.5, 0.6) is 0 Å². The number of nitrogens with one attached hydrogen (secondary N) is 1. The molecule has 0 bridgehead atoms. The fraction of sp³-hybridized carbons (Fsp3) is 0.348. The molecule has 0 aliphatic carbocycles. The molecular weight excluding hydrogens is 334 g/mol. The number of likely N-dealkylation sites (tertiary alicyclic amines) is 1. The number of amides is 1. The van der Waals surface area contributed by atoms with Crippen LogP contribution in [0.2, 0.25) is 0 Å². The van der Waals surface area contributed by atoms with Crippen molar-refractivity contribution in [3.8, 4) is 0 Å². The first-order valence-corrected chi connectivity index (χ1v) is 9.82. The maximum absolute atomic E-state index is 12.8. The predicted molar refractivity (Wildman–Crippen MR) is 110 cm³/mol. The number of hydrogen-bond acceptors (Lipinski definition) is 2. The largest absolute Gasteiger partial charge is 0.351 e. The number of H-pyrrole nitrogens is 1. The standard InChI is InChI=1S/C23H27N3O/c1-25(14-11-18-7-3-2-4-8-18)20-12-15-26(16-13-20)23(27)22-17-19-9-5-6-10-21(19)24-22/h2-10,17,20,24H,11-16H2,1H3. The van der Waals surface area contributed by atoms with Crippen molar-refractivity contribution >= 4 is 16.8 Å². The number of para-hydroxylation sites is 1. The number of benzene rings is 2. The van der Waals surface area contributed by atoms with Crippen LogP contribution < -0.4 is 0 Å². The van der Waals surface area contributed by atoms with Gasteiger partial charge in [-0.3, -0.25) is 4.79 Å². The maximum Gasteiger partial charge on any atom is 0.270 e. The van der Waals surface area contributed by atoms with Gasteiger partial charge in [-0.05, 0) is 44.0 Å². The topological polar surface area (TPSA) is 39.3 Å². The highest BCUT2D eigenvalue weighted by Gasteiger charge is 2.26. The van der Waals surface area contributed by atoms with E-state index < -0.39 is 0 Å². The summed E-state index contributed by atoms with van der Waals surface area (Å²) in [5, 5.41) is 1.09. The molecule has 140 valence electrons. The van der Waals surface area contributed by atoms with Crippen LogP contribution in [-0.2, 0) is 6.42 Å². The third-order valence-corrected chi connectivity index (χ3v) is 5.73. The van der Waals surface area contributed by atoms with Crippen molar-refractivity contribution in [2.45, 2.75) is 25.3 Å². The average Bonchev–Trinajstić information content (AvgIpc) is 3.16. The molecule has 0 spiro atoms. The summed E-state index contributed by atoms with van der Waals surface area (Å²) in [5.41, 5.74) is 3.11. The van der Waals surface area contributed by atoms with Gasteiger partial charge in [-0.2, -0.15) is 0 Å². The minimum atomic E-state index is 0.122. The van der Waals surface area contributed by atoms with Gasteiger partial charge in [-0.25, -0.2) is 0 Å². The summed E-state index contributed by atoms with van der Waals surface area (Å²) >= 11 is 0. The molecule has 1 fully saturated rings. The van der Waals surface area contributed by atoms with Crippen molar-refractivity contribution in [3.05, 3.63) is 71.9 Å². The Hall–Kier alpha value is -2.59. The molecule has 27 heavy (non-hydrogen) atoms. The van der Waals surface area contributed by atoms with E-state index in [1.54, 1.807) is 0 Å². The Kier molecular flexibility index (Phi) is 5.26. The van der Waals surface area contributed by atoms with Crippen LogP contribution in [0.3, 0.4) is 0 Å². The Labute approximate surface area is 160 Å². The highest BCUT2D eigenvalue weighted by atomic mass is 16.2. The number of carbonyl (C=O) groups excluding carboxylic acids is 1. The second kappa shape index (κ2) is 7.97. The Bertz CT molecular complexity index is 861. The van der Waals surface area contributed by atoms with E-state index in [1.165, 1.54) is 5.56 Å². The van der Waals surface area contributed by atoms with Gasteiger partial charge in [0.2, 0.25) is 0 Å². The van der Waals surface area contributed by atoms with Crippen LogP contribution >= 0.6 is 0 Å². The molecule has 0 radical (unpaired) electrons. The van der Waals surface area contributed by atoms with E-state index in [1.807, 2.05) is 35.2 Å². The van der Waals surface area contributed by atoms with Crippen LogP contribution in [0.1, 0.15) is 28.9 Å². The molecular formula is C23H27N3O. The number of fused-ring (bicyclic) bond motifs is 1. The van der Waals surface area contributed by atoms with Gasteiger partial charge >= 0.3 is 0 Å². The number of carbonyl (C=O) groups is 1. The Morgan fingerprint density at radius 1 is 1.07 bits per heavy atom. The minimum absolute atomic E-state index is 0.122. The van der Waals surface area contributed by atoms with Crippen LogP contribution in [0.4, 0.5) is 0 Å².